The molecule has 3 N–H and O–H groups in total. The van der Waals surface area contributed by atoms with Crippen LogP contribution in [0.2, 0.25) is 5.02 Å². The molecule has 0 bridgehead atoms. The van der Waals surface area contributed by atoms with Crippen molar-refractivity contribution in [2.24, 2.45) is 0 Å². The first-order valence-corrected chi connectivity index (χ1v) is 10.1. The molecule has 4 rings (SSSR count). The third-order valence-corrected chi connectivity index (χ3v) is 4.66. The molecule has 29 heavy (non-hydrogen) atoms. The maximum absolute atomic E-state index is 11.2. The summed E-state index contributed by atoms with van der Waals surface area (Å²) in [7, 11) is 0. The molecule has 1 aliphatic rings. The number of ether oxygens (including phenoxy) is 1. The first kappa shape index (κ1) is 21.1. The average Bonchev–Trinajstić information content (AvgIpc) is 3.10. The number of carbonyl (C=O) groups is 1. The number of fused-ring (bicyclic) bond motifs is 3. The van der Waals surface area contributed by atoms with Crippen LogP contribution in [-0.4, -0.2) is 30.1 Å². The van der Waals surface area contributed by atoms with Gasteiger partial charge in [0.25, 0.3) is 0 Å². The summed E-state index contributed by atoms with van der Waals surface area (Å²) in [5.74, 6) is 5.36. The highest BCUT2D eigenvalue weighted by Crippen LogP contribution is 2.24. The summed E-state index contributed by atoms with van der Waals surface area (Å²) < 4.78 is 4.76. The van der Waals surface area contributed by atoms with E-state index in [1.54, 1.807) is 24.3 Å². The van der Waals surface area contributed by atoms with Crippen molar-refractivity contribution >= 4 is 45.9 Å². The minimum absolute atomic E-state index is 0.0130. The maximum Gasteiger partial charge on any atom is 0.412 e. The summed E-state index contributed by atoms with van der Waals surface area (Å²) in [4.78, 5) is 14.7. The lowest BCUT2D eigenvalue weighted by atomic mass is 10.1. The Morgan fingerprint density at radius 3 is 2.86 bits per heavy atom. The Morgan fingerprint density at radius 1 is 1.17 bits per heavy atom. The molecule has 5 nitrogen and oxygen atoms in total. The summed E-state index contributed by atoms with van der Waals surface area (Å²) in [6, 6.07) is 15.3. The van der Waals surface area contributed by atoms with E-state index in [1.807, 2.05) is 0 Å². The van der Waals surface area contributed by atoms with Crippen LogP contribution in [0.3, 0.4) is 0 Å². The van der Waals surface area contributed by atoms with Crippen LogP contribution in [0.15, 0.2) is 48.5 Å². The molecule has 0 spiro atoms. The Kier molecular flexibility index (Phi) is 7.83. The lowest BCUT2D eigenvalue weighted by Crippen LogP contribution is -2.22. The molecule has 1 aliphatic heterocycles. The molecule has 150 valence electrons. The number of hydrogen-bond acceptors (Lipinski definition) is 3. The number of benzene rings is 2. The second kappa shape index (κ2) is 10.8. The zero-order valence-electron chi connectivity index (χ0n) is 15.7. The Balaban J connectivity index is 0.000000168. The van der Waals surface area contributed by atoms with Gasteiger partial charge in [-0.1, -0.05) is 47.7 Å². The Hall–Kier alpha value is -2.65. The molecular weight excluding hydrogens is 409 g/mol. The molecule has 7 heteroatoms. The molecule has 0 saturated heterocycles. The second-order valence-electron chi connectivity index (χ2n) is 6.25. The molecule has 3 aromatic rings. The van der Waals surface area contributed by atoms with Gasteiger partial charge in [0.1, 0.15) is 0 Å². The predicted octanol–water partition coefficient (Wildman–Crippen LogP) is 4.94. The van der Waals surface area contributed by atoms with Gasteiger partial charge < -0.3 is 15.0 Å². The van der Waals surface area contributed by atoms with Crippen LogP contribution >= 0.6 is 23.2 Å². The molecule has 0 fully saturated rings. The summed E-state index contributed by atoms with van der Waals surface area (Å²) in [5.41, 5.74) is 4.72. The summed E-state index contributed by atoms with van der Waals surface area (Å²) in [5, 5.41) is 7.83. The highest BCUT2D eigenvalue weighted by molar-refractivity contribution is 6.30. The topological polar surface area (TPSA) is 66.1 Å². The van der Waals surface area contributed by atoms with Crippen LogP contribution in [0, 0.1) is 11.8 Å². The first-order valence-electron chi connectivity index (χ1n) is 9.17. The van der Waals surface area contributed by atoms with Crippen LogP contribution in [0.1, 0.15) is 11.3 Å². The highest BCUT2D eigenvalue weighted by Gasteiger charge is 2.13. The molecule has 1 amide bonds. The SMILES string of the molecule is O=C(Nc1cccc(Cl)c1)OCC#CCCl.c1ccc2c3c([nH]c2c1)CNCC3. The van der Waals surface area contributed by atoms with Crippen molar-refractivity contribution in [1.82, 2.24) is 10.3 Å². The van der Waals surface area contributed by atoms with Gasteiger partial charge in [-0.05, 0) is 42.8 Å². The lowest BCUT2D eigenvalue weighted by Gasteiger charge is -2.12. The highest BCUT2D eigenvalue weighted by atomic mass is 35.5. The standard InChI is InChI=1S/C11H9Cl2NO2.C11H12N2/c12-6-1-2-7-16-11(15)14-10-5-3-4-9(13)8-10;1-2-4-10-8(3-1)9-5-6-12-7-11(9)13-10/h3-5,8H,6-7H2,(H,14,15);1-4,12-13H,5-7H2. The average molecular weight is 430 g/mol. The van der Waals surface area contributed by atoms with Crippen LogP contribution in [-0.2, 0) is 17.7 Å². The minimum Gasteiger partial charge on any atom is -0.436 e. The van der Waals surface area contributed by atoms with Crippen molar-refractivity contribution in [3.8, 4) is 11.8 Å². The maximum atomic E-state index is 11.2. The normalized spacial score (nSPS) is 12.1. The third-order valence-electron chi connectivity index (χ3n) is 4.29. The van der Waals surface area contributed by atoms with Gasteiger partial charge >= 0.3 is 6.09 Å². The number of aromatic amines is 1. The number of anilines is 1. The number of hydrogen-bond donors (Lipinski definition) is 3. The van der Waals surface area contributed by atoms with E-state index in [1.165, 1.54) is 22.2 Å². The summed E-state index contributed by atoms with van der Waals surface area (Å²) in [6.45, 7) is 2.11. The number of carbonyl (C=O) groups excluding carboxylic acids is 1. The summed E-state index contributed by atoms with van der Waals surface area (Å²) in [6.07, 6.45) is 0.574. The van der Waals surface area contributed by atoms with Crippen LogP contribution in [0.4, 0.5) is 10.5 Å². The Morgan fingerprint density at radius 2 is 2.03 bits per heavy atom. The van der Waals surface area contributed by atoms with Crippen LogP contribution in [0.5, 0.6) is 0 Å². The van der Waals surface area contributed by atoms with E-state index < -0.39 is 6.09 Å². The number of rotatable bonds is 2. The van der Waals surface area contributed by atoms with Gasteiger partial charge in [0.2, 0.25) is 0 Å². The lowest BCUT2D eigenvalue weighted by molar-refractivity contribution is 0.176. The van der Waals surface area contributed by atoms with Crippen molar-refractivity contribution in [3.63, 3.8) is 0 Å². The van der Waals surface area contributed by atoms with Gasteiger partial charge in [-0.2, -0.15) is 0 Å². The van der Waals surface area contributed by atoms with Gasteiger partial charge in [0, 0.05) is 33.9 Å². The molecule has 1 aromatic heterocycles. The first-order chi connectivity index (χ1) is 14.2. The third kappa shape index (κ3) is 6.16. The molecule has 0 aliphatic carbocycles. The van der Waals surface area contributed by atoms with Crippen molar-refractivity contribution in [1.29, 1.82) is 0 Å². The Labute approximate surface area is 179 Å². The largest absolute Gasteiger partial charge is 0.436 e. The fraction of sp³-hybridized carbons (Fsp3) is 0.227. The van der Waals surface area contributed by atoms with Gasteiger partial charge in [-0.15, -0.1) is 11.6 Å². The van der Waals surface area contributed by atoms with Gasteiger partial charge in [0.05, 0.1) is 5.88 Å². The monoisotopic (exact) mass is 429 g/mol. The Bertz CT molecular complexity index is 1040. The van der Waals surface area contributed by atoms with Gasteiger partial charge in [0.15, 0.2) is 6.61 Å². The van der Waals surface area contributed by atoms with Crippen molar-refractivity contribution in [2.75, 3.05) is 24.3 Å². The number of aromatic nitrogens is 1. The molecule has 0 saturated carbocycles. The van der Waals surface area contributed by atoms with E-state index in [9.17, 15) is 4.79 Å². The smallest absolute Gasteiger partial charge is 0.412 e. The van der Waals surface area contributed by atoms with Crippen molar-refractivity contribution < 1.29 is 9.53 Å². The van der Waals surface area contributed by atoms with Crippen molar-refractivity contribution in [2.45, 2.75) is 13.0 Å². The summed E-state index contributed by atoms with van der Waals surface area (Å²) >= 11 is 11.1. The molecule has 0 unspecified atom stereocenters. The van der Waals surface area contributed by atoms with E-state index in [4.69, 9.17) is 27.9 Å². The number of alkyl halides is 1. The van der Waals surface area contributed by atoms with E-state index >= 15 is 0 Å². The minimum atomic E-state index is -0.578. The predicted molar refractivity (Wildman–Crippen MR) is 119 cm³/mol. The molecule has 0 radical (unpaired) electrons. The zero-order valence-corrected chi connectivity index (χ0v) is 17.2. The fourth-order valence-electron chi connectivity index (χ4n) is 3.04. The van der Waals surface area contributed by atoms with Gasteiger partial charge in [-0.25, -0.2) is 4.79 Å². The number of amides is 1. The van der Waals surface area contributed by atoms with Crippen molar-refractivity contribution in [3.05, 3.63) is 64.8 Å². The number of para-hydroxylation sites is 1. The fourth-order valence-corrected chi connectivity index (χ4v) is 3.32. The van der Waals surface area contributed by atoms with E-state index in [-0.39, 0.29) is 12.5 Å². The number of halogens is 2. The second-order valence-corrected chi connectivity index (χ2v) is 6.96. The van der Waals surface area contributed by atoms with Crippen LogP contribution < -0.4 is 10.6 Å². The quantitative estimate of drug-likeness (QED) is 0.399. The van der Waals surface area contributed by atoms with E-state index in [0.717, 1.165) is 19.5 Å². The van der Waals surface area contributed by atoms with E-state index in [0.29, 0.717) is 10.7 Å². The molecule has 2 heterocycles. The van der Waals surface area contributed by atoms with Crippen LogP contribution in [0.25, 0.3) is 10.9 Å². The van der Waals surface area contributed by atoms with E-state index in [2.05, 4.69) is 51.7 Å². The number of H-pyrrole nitrogens is 1. The molecule has 0 atom stereocenters. The zero-order chi connectivity index (χ0) is 20.5. The molecular formula is C22H21Cl2N3O2. The van der Waals surface area contributed by atoms with Gasteiger partial charge in [-0.3, -0.25) is 5.32 Å². The number of nitrogens with one attached hydrogen (secondary N) is 3. The molecule has 2 aromatic carbocycles.